The van der Waals surface area contributed by atoms with Crippen LogP contribution in [0.1, 0.15) is 31.0 Å². The molecule has 1 aromatic carbocycles. The molecule has 8 nitrogen and oxygen atoms in total. The Morgan fingerprint density at radius 2 is 1.88 bits per heavy atom. The first kappa shape index (κ1) is 23.9. The van der Waals surface area contributed by atoms with Gasteiger partial charge in [-0.1, -0.05) is 32.1 Å². The maximum absolute atomic E-state index is 13.5. The molecular weight excluding hydrogens is 425 g/mol. The monoisotopic (exact) mass is 453 g/mol. The summed E-state index contributed by atoms with van der Waals surface area (Å²) in [6.07, 6.45) is 2.96. The fourth-order valence-corrected chi connectivity index (χ4v) is 3.80. The number of carbonyl (C=O) groups is 3. The molecule has 33 heavy (non-hydrogen) atoms. The van der Waals surface area contributed by atoms with E-state index in [0.29, 0.717) is 22.6 Å². The van der Waals surface area contributed by atoms with Crippen LogP contribution in [0.5, 0.6) is 0 Å². The van der Waals surface area contributed by atoms with Gasteiger partial charge in [0.15, 0.2) is 0 Å². The molecule has 1 aliphatic rings. The molecule has 1 fully saturated rings. The van der Waals surface area contributed by atoms with Crippen molar-refractivity contribution in [3.63, 3.8) is 0 Å². The molecule has 2 aromatic rings. The first-order valence-electron chi connectivity index (χ1n) is 10.6. The molecule has 0 radical (unpaired) electrons. The van der Waals surface area contributed by atoms with Crippen molar-refractivity contribution in [1.29, 1.82) is 0 Å². The van der Waals surface area contributed by atoms with Crippen molar-refractivity contribution >= 4 is 29.2 Å². The van der Waals surface area contributed by atoms with Crippen molar-refractivity contribution < 1.29 is 18.8 Å². The minimum atomic E-state index is -0.848. The second-order valence-corrected chi connectivity index (χ2v) is 8.35. The number of nitrogens with zero attached hydrogens (tertiary/aromatic N) is 3. The van der Waals surface area contributed by atoms with Crippen molar-refractivity contribution in [3.8, 4) is 0 Å². The summed E-state index contributed by atoms with van der Waals surface area (Å²) >= 11 is 0. The second kappa shape index (κ2) is 9.81. The lowest BCUT2D eigenvalue weighted by Crippen LogP contribution is -2.59. The van der Waals surface area contributed by atoms with Gasteiger partial charge in [-0.3, -0.25) is 14.4 Å². The first-order valence-corrected chi connectivity index (χ1v) is 10.6. The normalized spacial score (nSPS) is 18.2. The van der Waals surface area contributed by atoms with E-state index in [0.717, 1.165) is 0 Å². The molecule has 174 valence electrons. The van der Waals surface area contributed by atoms with Crippen molar-refractivity contribution in [2.45, 2.75) is 32.9 Å². The fraction of sp³-hybridized carbons (Fsp3) is 0.333. The number of hydrogen-bond acceptors (Lipinski definition) is 5. The third-order valence-corrected chi connectivity index (χ3v) is 5.67. The quantitative estimate of drug-likeness (QED) is 0.547. The smallest absolute Gasteiger partial charge is 0.313 e. The number of pyridine rings is 1. The number of carbonyl (C=O) groups excluding carboxylic acids is 3. The Hall–Kier alpha value is -3.75. The number of nitrogens with two attached hydrogens (primary N) is 1. The van der Waals surface area contributed by atoms with Gasteiger partial charge >= 0.3 is 11.8 Å². The Kier molecular flexibility index (Phi) is 7.10. The van der Waals surface area contributed by atoms with Crippen LogP contribution < -0.4 is 11.1 Å². The van der Waals surface area contributed by atoms with Gasteiger partial charge in [-0.25, -0.2) is 9.37 Å². The number of anilines is 2. The average Bonchev–Trinajstić information content (AvgIpc) is 2.80. The highest BCUT2D eigenvalue weighted by molar-refractivity contribution is 6.39. The molecule has 0 unspecified atom stereocenters. The highest BCUT2D eigenvalue weighted by Gasteiger charge is 2.40. The summed E-state index contributed by atoms with van der Waals surface area (Å²) in [6, 6.07) is 6.21. The largest absolute Gasteiger partial charge is 0.383 e. The summed E-state index contributed by atoms with van der Waals surface area (Å²) in [5, 5.41) is 2.56. The van der Waals surface area contributed by atoms with E-state index in [2.05, 4.69) is 16.9 Å². The predicted molar refractivity (Wildman–Crippen MR) is 123 cm³/mol. The summed E-state index contributed by atoms with van der Waals surface area (Å²) in [5.41, 5.74) is 7.33. The number of benzene rings is 1. The van der Waals surface area contributed by atoms with Gasteiger partial charge in [0, 0.05) is 19.0 Å². The SMILES string of the molecule is C=C[C@H]1CN(C(=O)C(=O)Nc2cnc(N)c(C)c2)[C@H](c2ccc(F)cc2)CN1C(=O)C(C)C. The third kappa shape index (κ3) is 5.19. The zero-order valence-electron chi connectivity index (χ0n) is 18.9. The Labute approximate surface area is 192 Å². The van der Waals surface area contributed by atoms with Crippen molar-refractivity contribution in [2.75, 3.05) is 24.1 Å². The number of nitrogen functional groups attached to an aromatic ring is 1. The number of aryl methyl sites for hydroxylation is 1. The van der Waals surface area contributed by atoms with Gasteiger partial charge < -0.3 is 20.9 Å². The van der Waals surface area contributed by atoms with Crippen LogP contribution in [0.4, 0.5) is 15.9 Å². The van der Waals surface area contributed by atoms with E-state index in [4.69, 9.17) is 5.73 Å². The van der Waals surface area contributed by atoms with E-state index >= 15 is 0 Å². The highest BCUT2D eigenvalue weighted by Crippen LogP contribution is 2.30. The van der Waals surface area contributed by atoms with Gasteiger partial charge in [-0.2, -0.15) is 0 Å². The van der Waals surface area contributed by atoms with Crippen LogP contribution >= 0.6 is 0 Å². The van der Waals surface area contributed by atoms with Gasteiger partial charge in [-0.05, 0) is 36.2 Å². The lowest BCUT2D eigenvalue weighted by Gasteiger charge is -2.46. The van der Waals surface area contributed by atoms with Crippen LogP contribution in [0.2, 0.25) is 0 Å². The minimum absolute atomic E-state index is 0.0786. The van der Waals surface area contributed by atoms with E-state index in [1.54, 1.807) is 49.9 Å². The van der Waals surface area contributed by atoms with Crippen molar-refractivity contribution in [1.82, 2.24) is 14.8 Å². The van der Waals surface area contributed by atoms with Crippen LogP contribution in [-0.2, 0) is 14.4 Å². The molecule has 3 N–H and O–H groups in total. The lowest BCUT2D eigenvalue weighted by atomic mass is 9.97. The van der Waals surface area contributed by atoms with Gasteiger partial charge in [0.25, 0.3) is 0 Å². The molecule has 0 spiro atoms. The number of halogens is 1. The molecule has 2 atom stereocenters. The first-order chi connectivity index (χ1) is 15.6. The number of hydrogen-bond donors (Lipinski definition) is 2. The standard InChI is InChI=1S/C24H28FN5O3/c1-5-19-12-30(24(33)22(31)28-18-10-15(4)21(26)27-11-18)20(13-29(19)23(32)14(2)3)16-6-8-17(25)9-7-16/h5-11,14,19-20H,1,12-13H2,2-4H3,(H2,26,27)(H,28,31)/t19-,20-/m0/s1. The summed E-state index contributed by atoms with van der Waals surface area (Å²) < 4.78 is 13.5. The molecule has 9 heteroatoms. The summed E-state index contributed by atoms with van der Waals surface area (Å²) in [5.74, 6) is -2.06. The molecule has 0 bridgehead atoms. The zero-order chi connectivity index (χ0) is 24.3. The summed E-state index contributed by atoms with van der Waals surface area (Å²) in [6.45, 7) is 9.37. The number of piperazine rings is 1. The molecule has 2 heterocycles. The molecule has 3 rings (SSSR count). The molecule has 0 saturated carbocycles. The zero-order valence-corrected chi connectivity index (χ0v) is 18.9. The lowest BCUT2D eigenvalue weighted by molar-refractivity contribution is -0.151. The van der Waals surface area contributed by atoms with Gasteiger partial charge in [-0.15, -0.1) is 6.58 Å². The van der Waals surface area contributed by atoms with Crippen molar-refractivity contribution in [2.24, 2.45) is 5.92 Å². The maximum Gasteiger partial charge on any atom is 0.313 e. The fourth-order valence-electron chi connectivity index (χ4n) is 3.80. The molecule has 1 aromatic heterocycles. The number of rotatable bonds is 4. The number of nitrogens with one attached hydrogen (secondary N) is 1. The number of amides is 3. The van der Waals surface area contributed by atoms with E-state index in [9.17, 15) is 18.8 Å². The van der Waals surface area contributed by atoms with Crippen LogP contribution in [0.15, 0.2) is 49.2 Å². The van der Waals surface area contributed by atoms with Crippen LogP contribution in [0.25, 0.3) is 0 Å². The molecular formula is C24H28FN5O3. The van der Waals surface area contributed by atoms with Gasteiger partial charge in [0.2, 0.25) is 5.91 Å². The number of aromatic nitrogens is 1. The Morgan fingerprint density at radius 3 is 2.45 bits per heavy atom. The minimum Gasteiger partial charge on any atom is -0.383 e. The Morgan fingerprint density at radius 1 is 1.21 bits per heavy atom. The summed E-state index contributed by atoms with van der Waals surface area (Å²) in [7, 11) is 0. The van der Waals surface area contributed by atoms with Gasteiger partial charge in [0.1, 0.15) is 11.6 Å². The second-order valence-electron chi connectivity index (χ2n) is 8.35. The Bertz CT molecular complexity index is 1070. The topological polar surface area (TPSA) is 109 Å². The van der Waals surface area contributed by atoms with Crippen LogP contribution in [0, 0.1) is 18.7 Å². The predicted octanol–water partition coefficient (Wildman–Crippen LogP) is 2.67. The van der Waals surface area contributed by atoms with E-state index in [1.807, 2.05) is 0 Å². The van der Waals surface area contributed by atoms with Gasteiger partial charge in [0.05, 0.1) is 24.0 Å². The molecule has 1 saturated heterocycles. The van der Waals surface area contributed by atoms with Crippen LogP contribution in [-0.4, -0.2) is 51.6 Å². The average molecular weight is 454 g/mol. The van der Waals surface area contributed by atoms with E-state index < -0.39 is 29.7 Å². The van der Waals surface area contributed by atoms with E-state index in [-0.39, 0.29) is 24.9 Å². The summed E-state index contributed by atoms with van der Waals surface area (Å²) in [4.78, 5) is 45.9. The molecule has 3 amide bonds. The molecule has 1 aliphatic heterocycles. The Balaban J connectivity index is 1.91. The van der Waals surface area contributed by atoms with Crippen LogP contribution in [0.3, 0.4) is 0 Å². The third-order valence-electron chi connectivity index (χ3n) is 5.67. The molecule has 0 aliphatic carbocycles. The highest BCUT2D eigenvalue weighted by atomic mass is 19.1. The maximum atomic E-state index is 13.5. The van der Waals surface area contributed by atoms with Crippen molar-refractivity contribution in [3.05, 3.63) is 66.1 Å². The van der Waals surface area contributed by atoms with E-state index in [1.165, 1.54) is 23.2 Å².